The van der Waals surface area contributed by atoms with E-state index in [2.05, 4.69) is 0 Å². The Morgan fingerprint density at radius 1 is 0.875 bits per heavy atom. The first-order chi connectivity index (χ1) is 7.14. The van der Waals surface area contributed by atoms with Gasteiger partial charge in [-0.15, -0.1) is 11.6 Å². The first-order valence-electron chi connectivity index (χ1n) is 4.56. The zero-order chi connectivity index (χ0) is 12.8. The van der Waals surface area contributed by atoms with Gasteiger partial charge >= 0.3 is 12.4 Å². The van der Waals surface area contributed by atoms with Crippen molar-refractivity contribution in [1.82, 2.24) is 4.90 Å². The third kappa shape index (κ3) is 10.4. The second kappa shape index (κ2) is 6.54. The summed E-state index contributed by atoms with van der Waals surface area (Å²) >= 11 is 5.26. The Kier molecular flexibility index (Phi) is 6.47. The van der Waals surface area contributed by atoms with Crippen LogP contribution in [0.2, 0.25) is 0 Å². The fourth-order valence-corrected chi connectivity index (χ4v) is 1.39. The van der Waals surface area contributed by atoms with Crippen LogP contribution in [0.25, 0.3) is 0 Å². The lowest BCUT2D eigenvalue weighted by Crippen LogP contribution is -2.36. The molecule has 0 aliphatic carbocycles. The summed E-state index contributed by atoms with van der Waals surface area (Å²) in [6, 6.07) is 0. The van der Waals surface area contributed by atoms with E-state index in [1.807, 2.05) is 0 Å². The van der Waals surface area contributed by atoms with Gasteiger partial charge in [0.05, 0.1) is 6.54 Å². The molecule has 0 atom stereocenters. The van der Waals surface area contributed by atoms with Gasteiger partial charge in [0.2, 0.25) is 0 Å². The molecule has 8 heteroatoms. The Morgan fingerprint density at radius 2 is 1.44 bits per heavy atom. The van der Waals surface area contributed by atoms with Gasteiger partial charge in [-0.3, -0.25) is 4.90 Å². The van der Waals surface area contributed by atoms with E-state index in [0.717, 1.165) is 4.90 Å². The lowest BCUT2D eigenvalue weighted by atomic mass is 10.3. The predicted molar refractivity (Wildman–Crippen MR) is 48.5 cm³/mol. The fourth-order valence-electron chi connectivity index (χ4n) is 1.15. The molecule has 0 N–H and O–H groups in total. The lowest BCUT2D eigenvalue weighted by Gasteiger charge is -2.22. The second-order valence-corrected chi connectivity index (χ2v) is 3.68. The number of alkyl halides is 7. The minimum absolute atomic E-state index is 0.0396. The number of rotatable bonds is 6. The molecule has 0 spiro atoms. The highest BCUT2D eigenvalue weighted by Crippen LogP contribution is 2.22. The van der Waals surface area contributed by atoms with Gasteiger partial charge in [-0.2, -0.15) is 26.3 Å². The van der Waals surface area contributed by atoms with Crippen LogP contribution in [-0.4, -0.2) is 42.8 Å². The van der Waals surface area contributed by atoms with Crippen molar-refractivity contribution in [3.05, 3.63) is 0 Å². The zero-order valence-corrected chi connectivity index (χ0v) is 9.09. The minimum atomic E-state index is -4.41. The highest BCUT2D eigenvalue weighted by molar-refractivity contribution is 6.18. The van der Waals surface area contributed by atoms with Crippen molar-refractivity contribution in [3.63, 3.8) is 0 Å². The lowest BCUT2D eigenvalue weighted by molar-refractivity contribution is -0.149. The topological polar surface area (TPSA) is 3.24 Å². The molecule has 0 fully saturated rings. The van der Waals surface area contributed by atoms with Gasteiger partial charge < -0.3 is 0 Å². The van der Waals surface area contributed by atoms with E-state index in [1.165, 1.54) is 0 Å². The van der Waals surface area contributed by atoms with Crippen LogP contribution < -0.4 is 0 Å². The summed E-state index contributed by atoms with van der Waals surface area (Å²) in [6.07, 6.45) is -10.2. The highest BCUT2D eigenvalue weighted by Gasteiger charge is 2.31. The summed E-state index contributed by atoms with van der Waals surface area (Å²) in [4.78, 5) is 0.874. The SMILES string of the molecule is FC(F)(F)CCCN(CCCl)CC(F)(F)F. The molecule has 0 rings (SSSR count). The average Bonchev–Trinajstić information content (AvgIpc) is 1.98. The standard InChI is InChI=1S/C8H12ClF6N/c9-3-5-16(6-8(13,14)15)4-1-2-7(10,11)12/h1-6H2. The average molecular weight is 272 g/mol. The van der Waals surface area contributed by atoms with E-state index in [4.69, 9.17) is 11.6 Å². The van der Waals surface area contributed by atoms with Gasteiger partial charge in [-0.05, 0) is 13.0 Å². The number of nitrogens with zero attached hydrogens (tertiary/aromatic N) is 1. The van der Waals surface area contributed by atoms with Gasteiger partial charge in [0.15, 0.2) is 0 Å². The van der Waals surface area contributed by atoms with Crippen molar-refractivity contribution in [2.75, 3.05) is 25.5 Å². The Labute approximate surface area is 94.4 Å². The molecule has 0 aromatic rings. The van der Waals surface area contributed by atoms with E-state index in [9.17, 15) is 26.3 Å². The molecule has 0 heterocycles. The zero-order valence-electron chi connectivity index (χ0n) is 8.34. The normalized spacial score (nSPS) is 13.5. The molecule has 0 radical (unpaired) electrons. The third-order valence-electron chi connectivity index (χ3n) is 1.74. The second-order valence-electron chi connectivity index (χ2n) is 3.30. The molecule has 0 amide bonds. The van der Waals surface area contributed by atoms with Crippen molar-refractivity contribution in [2.45, 2.75) is 25.2 Å². The van der Waals surface area contributed by atoms with Crippen LogP contribution in [0.1, 0.15) is 12.8 Å². The number of hydrogen-bond donors (Lipinski definition) is 0. The molecule has 0 saturated heterocycles. The first kappa shape index (κ1) is 15.8. The molecular formula is C8H12ClF6N. The summed E-state index contributed by atoms with van der Waals surface area (Å²) in [5.41, 5.74) is 0. The van der Waals surface area contributed by atoms with Crippen molar-refractivity contribution < 1.29 is 26.3 Å². The summed E-state index contributed by atoms with van der Waals surface area (Å²) in [7, 11) is 0. The molecule has 0 aliphatic rings. The van der Waals surface area contributed by atoms with Crippen LogP contribution in [0.3, 0.4) is 0 Å². The Bertz CT molecular complexity index is 190. The van der Waals surface area contributed by atoms with Crippen molar-refractivity contribution in [1.29, 1.82) is 0 Å². The van der Waals surface area contributed by atoms with Gasteiger partial charge in [0, 0.05) is 18.8 Å². The van der Waals surface area contributed by atoms with E-state index in [1.54, 1.807) is 0 Å². The molecule has 98 valence electrons. The third-order valence-corrected chi connectivity index (χ3v) is 1.91. The molecule has 0 unspecified atom stereocenters. The minimum Gasteiger partial charge on any atom is -0.294 e. The maximum Gasteiger partial charge on any atom is 0.401 e. The molecule has 0 aromatic carbocycles. The van der Waals surface area contributed by atoms with Gasteiger partial charge in [-0.25, -0.2) is 0 Å². The van der Waals surface area contributed by atoms with Crippen LogP contribution in [-0.2, 0) is 0 Å². The van der Waals surface area contributed by atoms with Crippen LogP contribution in [0, 0.1) is 0 Å². The first-order valence-corrected chi connectivity index (χ1v) is 5.09. The highest BCUT2D eigenvalue weighted by atomic mass is 35.5. The van der Waals surface area contributed by atoms with E-state index in [-0.39, 0.29) is 25.4 Å². The molecule has 1 nitrogen and oxygen atoms in total. The molecule has 0 saturated carbocycles. The van der Waals surface area contributed by atoms with Gasteiger partial charge in [0.1, 0.15) is 0 Å². The number of halogens is 7. The van der Waals surface area contributed by atoms with E-state index >= 15 is 0 Å². The van der Waals surface area contributed by atoms with Crippen molar-refractivity contribution >= 4 is 11.6 Å². The van der Waals surface area contributed by atoms with Crippen molar-refractivity contribution in [2.24, 2.45) is 0 Å². The Hall–Kier alpha value is -0.170. The Morgan fingerprint density at radius 3 is 1.81 bits per heavy atom. The van der Waals surface area contributed by atoms with Gasteiger partial charge in [0.25, 0.3) is 0 Å². The maximum absolute atomic E-state index is 12.0. The summed E-state index contributed by atoms with van der Waals surface area (Å²) in [5.74, 6) is -0.0396. The van der Waals surface area contributed by atoms with E-state index < -0.39 is 25.3 Å². The summed E-state index contributed by atoms with van der Waals surface area (Å²) < 4.78 is 71.2. The van der Waals surface area contributed by atoms with Gasteiger partial charge in [-0.1, -0.05) is 0 Å². The number of hydrogen-bond acceptors (Lipinski definition) is 1. The van der Waals surface area contributed by atoms with Crippen LogP contribution in [0.15, 0.2) is 0 Å². The summed E-state index contributed by atoms with van der Waals surface area (Å²) in [6.45, 7) is -1.55. The molecule has 0 aliphatic heterocycles. The van der Waals surface area contributed by atoms with Crippen molar-refractivity contribution in [3.8, 4) is 0 Å². The van der Waals surface area contributed by atoms with Crippen LogP contribution in [0.5, 0.6) is 0 Å². The van der Waals surface area contributed by atoms with Crippen LogP contribution in [0.4, 0.5) is 26.3 Å². The Balaban J connectivity index is 3.95. The molecule has 0 bridgehead atoms. The fraction of sp³-hybridized carbons (Fsp3) is 1.00. The predicted octanol–water partition coefficient (Wildman–Crippen LogP) is 3.43. The van der Waals surface area contributed by atoms with E-state index in [0.29, 0.717) is 0 Å². The molecular weight excluding hydrogens is 260 g/mol. The monoisotopic (exact) mass is 271 g/mol. The molecule has 0 aromatic heterocycles. The quantitative estimate of drug-likeness (QED) is 0.528. The maximum atomic E-state index is 12.0. The largest absolute Gasteiger partial charge is 0.401 e. The van der Waals surface area contributed by atoms with Crippen LogP contribution >= 0.6 is 11.6 Å². The smallest absolute Gasteiger partial charge is 0.294 e. The summed E-state index contributed by atoms with van der Waals surface area (Å²) in [5, 5.41) is 0. The molecule has 16 heavy (non-hydrogen) atoms.